The predicted molar refractivity (Wildman–Crippen MR) is 70.1 cm³/mol. The van der Waals surface area contributed by atoms with Gasteiger partial charge in [0.15, 0.2) is 0 Å². The molecule has 0 spiro atoms. The Labute approximate surface area is 106 Å². The summed E-state index contributed by atoms with van der Waals surface area (Å²) in [5, 5.41) is 2.73. The number of rotatable bonds is 4. The molecule has 94 valence electrons. The number of anilines is 1. The van der Waals surface area contributed by atoms with E-state index in [2.05, 4.69) is 11.9 Å². The summed E-state index contributed by atoms with van der Waals surface area (Å²) in [6.45, 7) is 4.43. The van der Waals surface area contributed by atoms with Crippen molar-refractivity contribution in [1.82, 2.24) is 5.32 Å². The lowest BCUT2D eigenvalue weighted by molar-refractivity contribution is -0.126. The minimum Gasteiger partial charge on any atom is -0.352 e. The molecule has 2 amide bonds. The molecule has 1 atom stereocenters. The van der Waals surface area contributed by atoms with Crippen LogP contribution in [-0.4, -0.2) is 24.9 Å². The molecule has 0 bridgehead atoms. The van der Waals surface area contributed by atoms with Crippen LogP contribution < -0.4 is 10.2 Å². The molecule has 4 heteroatoms. The molecule has 18 heavy (non-hydrogen) atoms. The van der Waals surface area contributed by atoms with Gasteiger partial charge in [-0.25, -0.2) is 0 Å². The van der Waals surface area contributed by atoms with Gasteiger partial charge in [-0.3, -0.25) is 9.59 Å². The van der Waals surface area contributed by atoms with Crippen LogP contribution >= 0.6 is 0 Å². The van der Waals surface area contributed by atoms with Gasteiger partial charge in [0.25, 0.3) is 0 Å². The first-order valence-corrected chi connectivity index (χ1v) is 5.96. The number of carbonyl (C=O) groups excluding carboxylic acids is 2. The zero-order chi connectivity index (χ0) is 13.0. The Morgan fingerprint density at radius 2 is 2.17 bits per heavy atom. The molecule has 1 heterocycles. The fourth-order valence-electron chi connectivity index (χ4n) is 2.06. The maximum Gasteiger partial charge on any atom is 0.227 e. The molecule has 1 aromatic carbocycles. The highest BCUT2D eigenvalue weighted by molar-refractivity contribution is 6.00. The van der Waals surface area contributed by atoms with E-state index in [0.717, 1.165) is 5.69 Å². The second-order valence-corrected chi connectivity index (χ2v) is 4.27. The quantitative estimate of drug-likeness (QED) is 0.813. The Kier molecular flexibility index (Phi) is 3.77. The Hall–Kier alpha value is -2.10. The van der Waals surface area contributed by atoms with Crippen LogP contribution in [0.3, 0.4) is 0 Å². The summed E-state index contributed by atoms with van der Waals surface area (Å²) >= 11 is 0. The van der Waals surface area contributed by atoms with E-state index in [1.807, 2.05) is 30.3 Å². The first-order valence-electron chi connectivity index (χ1n) is 5.96. The smallest absolute Gasteiger partial charge is 0.227 e. The van der Waals surface area contributed by atoms with Crippen LogP contribution in [-0.2, 0) is 9.59 Å². The van der Waals surface area contributed by atoms with Crippen molar-refractivity contribution >= 4 is 17.5 Å². The van der Waals surface area contributed by atoms with Gasteiger partial charge in [-0.2, -0.15) is 0 Å². The average Bonchev–Trinajstić information content (AvgIpc) is 2.79. The number of nitrogens with zero attached hydrogens (tertiary/aromatic N) is 1. The maximum absolute atomic E-state index is 11.9. The molecule has 1 aromatic rings. The molecule has 0 unspecified atom stereocenters. The summed E-state index contributed by atoms with van der Waals surface area (Å²) in [6.07, 6.45) is 1.90. The van der Waals surface area contributed by atoms with Gasteiger partial charge >= 0.3 is 0 Å². The molecule has 1 saturated heterocycles. The summed E-state index contributed by atoms with van der Waals surface area (Å²) in [6, 6.07) is 9.42. The zero-order valence-electron chi connectivity index (χ0n) is 10.1. The SMILES string of the molecule is C=CCNC(=O)[C@H]1CC(=O)N(c2ccccc2)C1. The number of nitrogens with one attached hydrogen (secondary N) is 1. The van der Waals surface area contributed by atoms with Crippen LogP contribution in [0.1, 0.15) is 6.42 Å². The predicted octanol–water partition coefficient (Wildman–Crippen LogP) is 1.34. The second-order valence-electron chi connectivity index (χ2n) is 4.27. The van der Waals surface area contributed by atoms with Crippen LogP contribution in [0.5, 0.6) is 0 Å². The number of hydrogen-bond acceptors (Lipinski definition) is 2. The fourth-order valence-corrected chi connectivity index (χ4v) is 2.06. The summed E-state index contributed by atoms with van der Waals surface area (Å²) in [4.78, 5) is 25.3. The Balaban J connectivity index is 2.03. The van der Waals surface area contributed by atoms with E-state index in [4.69, 9.17) is 0 Å². The van der Waals surface area contributed by atoms with Gasteiger partial charge in [0.05, 0.1) is 5.92 Å². The lowest BCUT2D eigenvalue weighted by Crippen LogP contribution is -2.32. The number of para-hydroxylation sites is 1. The molecule has 0 saturated carbocycles. The zero-order valence-corrected chi connectivity index (χ0v) is 10.1. The lowest BCUT2D eigenvalue weighted by atomic mass is 10.1. The summed E-state index contributed by atoms with van der Waals surface area (Å²) in [5.41, 5.74) is 0.849. The standard InChI is InChI=1S/C14H16N2O2/c1-2-8-15-14(18)11-9-13(17)16(10-11)12-6-4-3-5-7-12/h2-7,11H,1,8-10H2,(H,15,18)/t11-/m0/s1. The van der Waals surface area contributed by atoms with Gasteiger partial charge in [0, 0.05) is 25.2 Å². The van der Waals surface area contributed by atoms with E-state index in [-0.39, 0.29) is 24.2 Å². The second kappa shape index (κ2) is 5.49. The molecule has 0 aromatic heterocycles. The van der Waals surface area contributed by atoms with Crippen LogP contribution in [0.25, 0.3) is 0 Å². The third-order valence-electron chi connectivity index (χ3n) is 2.98. The third kappa shape index (κ3) is 2.59. The topological polar surface area (TPSA) is 49.4 Å². The molecule has 1 N–H and O–H groups in total. The minimum atomic E-state index is -0.266. The van der Waals surface area contributed by atoms with E-state index in [1.165, 1.54) is 0 Å². The van der Waals surface area contributed by atoms with Crippen LogP contribution in [0.4, 0.5) is 5.69 Å². The third-order valence-corrected chi connectivity index (χ3v) is 2.98. The average molecular weight is 244 g/mol. The lowest BCUT2D eigenvalue weighted by Gasteiger charge is -2.16. The number of hydrogen-bond donors (Lipinski definition) is 1. The fraction of sp³-hybridized carbons (Fsp3) is 0.286. The largest absolute Gasteiger partial charge is 0.352 e. The summed E-state index contributed by atoms with van der Waals surface area (Å²) in [5.74, 6) is -0.348. The minimum absolute atomic E-state index is 0.0000435. The van der Waals surface area contributed by atoms with Crippen molar-refractivity contribution in [1.29, 1.82) is 0 Å². The first-order chi connectivity index (χ1) is 8.72. The molecule has 0 aliphatic carbocycles. The van der Waals surface area contributed by atoms with E-state index in [1.54, 1.807) is 11.0 Å². The van der Waals surface area contributed by atoms with Crippen molar-refractivity contribution in [2.45, 2.75) is 6.42 Å². The van der Waals surface area contributed by atoms with E-state index < -0.39 is 0 Å². The van der Waals surface area contributed by atoms with Crippen molar-refractivity contribution in [3.63, 3.8) is 0 Å². The van der Waals surface area contributed by atoms with Crippen molar-refractivity contribution in [3.05, 3.63) is 43.0 Å². The van der Waals surface area contributed by atoms with Gasteiger partial charge < -0.3 is 10.2 Å². The number of carbonyl (C=O) groups is 2. The molecule has 0 radical (unpaired) electrons. The van der Waals surface area contributed by atoms with Gasteiger partial charge in [-0.05, 0) is 12.1 Å². The molecule has 1 aliphatic rings. The summed E-state index contributed by atoms with van der Waals surface area (Å²) in [7, 11) is 0. The van der Waals surface area contributed by atoms with Gasteiger partial charge in [-0.15, -0.1) is 6.58 Å². The molecular weight excluding hydrogens is 228 g/mol. The van der Waals surface area contributed by atoms with Crippen LogP contribution in [0.2, 0.25) is 0 Å². The Bertz CT molecular complexity index is 456. The van der Waals surface area contributed by atoms with Crippen LogP contribution in [0.15, 0.2) is 43.0 Å². The maximum atomic E-state index is 11.9. The molecule has 1 aliphatic heterocycles. The van der Waals surface area contributed by atoms with Crippen molar-refractivity contribution in [3.8, 4) is 0 Å². The normalized spacial score (nSPS) is 18.8. The van der Waals surface area contributed by atoms with Crippen molar-refractivity contribution in [2.24, 2.45) is 5.92 Å². The van der Waals surface area contributed by atoms with E-state index in [9.17, 15) is 9.59 Å². The summed E-state index contributed by atoms with van der Waals surface area (Å²) < 4.78 is 0. The first kappa shape index (κ1) is 12.4. The van der Waals surface area contributed by atoms with Gasteiger partial charge in [-0.1, -0.05) is 24.3 Å². The van der Waals surface area contributed by atoms with Crippen LogP contribution in [0, 0.1) is 5.92 Å². The molecule has 2 rings (SSSR count). The molecular formula is C14H16N2O2. The monoisotopic (exact) mass is 244 g/mol. The molecule has 4 nitrogen and oxygen atoms in total. The highest BCUT2D eigenvalue weighted by Gasteiger charge is 2.34. The number of amides is 2. The van der Waals surface area contributed by atoms with E-state index >= 15 is 0 Å². The Morgan fingerprint density at radius 3 is 2.83 bits per heavy atom. The van der Waals surface area contributed by atoms with Crippen molar-refractivity contribution < 1.29 is 9.59 Å². The highest BCUT2D eigenvalue weighted by atomic mass is 16.2. The highest BCUT2D eigenvalue weighted by Crippen LogP contribution is 2.24. The van der Waals surface area contributed by atoms with E-state index in [0.29, 0.717) is 13.1 Å². The number of benzene rings is 1. The van der Waals surface area contributed by atoms with Gasteiger partial charge in [0.2, 0.25) is 11.8 Å². The van der Waals surface area contributed by atoms with Crippen molar-refractivity contribution in [2.75, 3.05) is 18.0 Å². The van der Waals surface area contributed by atoms with Gasteiger partial charge in [0.1, 0.15) is 0 Å². The molecule has 1 fully saturated rings. The Morgan fingerprint density at radius 1 is 1.44 bits per heavy atom.